The second kappa shape index (κ2) is 7.38. The maximum atomic E-state index is 12.0. The third-order valence-corrected chi connectivity index (χ3v) is 3.82. The maximum absolute atomic E-state index is 12.0. The van der Waals surface area contributed by atoms with Crippen molar-refractivity contribution in [3.8, 4) is 0 Å². The zero-order valence-electron chi connectivity index (χ0n) is 14.6. The smallest absolute Gasteiger partial charge is 0.326 e. The van der Waals surface area contributed by atoms with Crippen molar-refractivity contribution in [3.63, 3.8) is 0 Å². The first-order valence-corrected chi connectivity index (χ1v) is 8.04. The molecule has 1 aromatic carbocycles. The number of hydrogen-bond acceptors (Lipinski definition) is 3. The van der Waals surface area contributed by atoms with Gasteiger partial charge in [-0.05, 0) is 11.6 Å². The monoisotopic (exact) mass is 345 g/mol. The Labute approximate surface area is 145 Å². The second-order valence-corrected chi connectivity index (χ2v) is 6.95. The fourth-order valence-electron chi connectivity index (χ4n) is 2.39. The summed E-state index contributed by atoms with van der Waals surface area (Å²) in [6.45, 7) is 4.94. The summed E-state index contributed by atoms with van der Waals surface area (Å²) in [5, 5.41) is 15.3. The van der Waals surface area contributed by atoms with Crippen molar-refractivity contribution in [3.05, 3.63) is 36.0 Å². The van der Waals surface area contributed by atoms with E-state index < -0.39 is 23.3 Å². The van der Waals surface area contributed by atoms with E-state index in [1.165, 1.54) is 0 Å². The number of benzene rings is 1. The van der Waals surface area contributed by atoms with Crippen LogP contribution in [0, 0.1) is 5.41 Å². The molecule has 134 valence electrons. The number of amides is 2. The molecule has 0 radical (unpaired) electrons. The number of hydrogen-bond donors (Lipinski definition) is 4. The summed E-state index contributed by atoms with van der Waals surface area (Å²) >= 11 is 0. The van der Waals surface area contributed by atoms with Crippen molar-refractivity contribution < 1.29 is 19.5 Å². The second-order valence-electron chi connectivity index (χ2n) is 6.95. The zero-order chi connectivity index (χ0) is 18.6. The molecule has 1 unspecified atom stereocenters. The molecule has 0 aliphatic carbocycles. The number of fused-ring (bicyclic) bond motifs is 1. The predicted molar refractivity (Wildman–Crippen MR) is 94.0 cm³/mol. The third kappa shape index (κ3) is 4.82. The van der Waals surface area contributed by atoms with Crippen LogP contribution >= 0.6 is 0 Å². The van der Waals surface area contributed by atoms with E-state index in [-0.39, 0.29) is 18.9 Å². The number of carboxylic acids is 1. The van der Waals surface area contributed by atoms with Gasteiger partial charge >= 0.3 is 5.97 Å². The summed E-state index contributed by atoms with van der Waals surface area (Å²) in [4.78, 5) is 38.3. The Balaban J connectivity index is 2.00. The number of aromatic nitrogens is 1. The van der Waals surface area contributed by atoms with E-state index in [4.69, 9.17) is 0 Å². The van der Waals surface area contributed by atoms with Gasteiger partial charge in [0.25, 0.3) is 0 Å². The summed E-state index contributed by atoms with van der Waals surface area (Å²) < 4.78 is 0. The maximum Gasteiger partial charge on any atom is 0.326 e. The van der Waals surface area contributed by atoms with Gasteiger partial charge in [-0.25, -0.2) is 4.79 Å². The van der Waals surface area contributed by atoms with Crippen LogP contribution in [-0.4, -0.2) is 40.5 Å². The number of carbonyl (C=O) groups is 3. The molecule has 2 amide bonds. The number of H-pyrrole nitrogens is 1. The highest BCUT2D eigenvalue weighted by atomic mass is 16.4. The highest BCUT2D eigenvalue weighted by molar-refractivity contribution is 5.90. The molecule has 1 heterocycles. The Morgan fingerprint density at radius 2 is 1.88 bits per heavy atom. The summed E-state index contributed by atoms with van der Waals surface area (Å²) in [6.07, 6.45) is 1.90. The average Bonchev–Trinajstić information content (AvgIpc) is 2.94. The molecular formula is C18H23N3O4. The quantitative estimate of drug-likeness (QED) is 0.635. The number of nitrogens with one attached hydrogen (secondary N) is 3. The Morgan fingerprint density at radius 3 is 2.52 bits per heavy atom. The van der Waals surface area contributed by atoms with Crippen molar-refractivity contribution in [2.24, 2.45) is 5.41 Å². The van der Waals surface area contributed by atoms with Gasteiger partial charge in [0.1, 0.15) is 6.04 Å². The lowest BCUT2D eigenvalue weighted by Crippen LogP contribution is -2.48. The molecule has 0 bridgehead atoms. The van der Waals surface area contributed by atoms with Crippen LogP contribution in [0.1, 0.15) is 26.3 Å². The Bertz CT molecular complexity index is 789. The van der Waals surface area contributed by atoms with E-state index in [0.29, 0.717) is 0 Å². The number of rotatable bonds is 6. The highest BCUT2D eigenvalue weighted by Crippen LogP contribution is 2.19. The van der Waals surface area contributed by atoms with Crippen molar-refractivity contribution in [1.82, 2.24) is 15.6 Å². The number of aromatic amines is 1. The van der Waals surface area contributed by atoms with Crippen LogP contribution in [0.25, 0.3) is 10.9 Å². The minimum Gasteiger partial charge on any atom is -0.480 e. The predicted octanol–water partition coefficient (Wildman–Crippen LogP) is 1.44. The first-order chi connectivity index (χ1) is 11.7. The van der Waals surface area contributed by atoms with Crippen LogP contribution in [0.2, 0.25) is 0 Å². The lowest BCUT2D eigenvalue weighted by molar-refractivity contribution is -0.141. The van der Waals surface area contributed by atoms with Crippen molar-refractivity contribution in [2.75, 3.05) is 6.54 Å². The van der Waals surface area contributed by atoms with Gasteiger partial charge in [-0.1, -0.05) is 39.0 Å². The van der Waals surface area contributed by atoms with Crippen LogP contribution in [0.5, 0.6) is 0 Å². The Morgan fingerprint density at radius 1 is 1.20 bits per heavy atom. The number of para-hydroxylation sites is 1. The molecule has 1 atom stereocenters. The molecule has 4 N–H and O–H groups in total. The normalized spacial score (nSPS) is 12.6. The van der Waals surface area contributed by atoms with E-state index in [9.17, 15) is 19.5 Å². The third-order valence-electron chi connectivity index (χ3n) is 3.82. The number of aliphatic carboxylic acids is 1. The fourth-order valence-corrected chi connectivity index (χ4v) is 2.39. The lowest BCUT2D eigenvalue weighted by Gasteiger charge is -2.18. The van der Waals surface area contributed by atoms with Crippen LogP contribution in [-0.2, 0) is 20.8 Å². The molecule has 0 spiro atoms. The topological polar surface area (TPSA) is 111 Å². The van der Waals surface area contributed by atoms with Crippen molar-refractivity contribution >= 4 is 28.7 Å². The first-order valence-electron chi connectivity index (χ1n) is 8.04. The van der Waals surface area contributed by atoms with Gasteiger partial charge in [0.15, 0.2) is 0 Å². The SMILES string of the molecule is CC(C)(C)C(=O)NCC(=O)NC(Cc1c[nH]c2ccccc12)C(=O)O. The minimum atomic E-state index is -1.12. The van der Waals surface area contributed by atoms with E-state index in [2.05, 4.69) is 15.6 Å². The Kier molecular flexibility index (Phi) is 5.46. The van der Waals surface area contributed by atoms with Gasteiger partial charge in [-0.2, -0.15) is 0 Å². The van der Waals surface area contributed by atoms with Gasteiger partial charge in [-0.3, -0.25) is 9.59 Å². The largest absolute Gasteiger partial charge is 0.480 e. The van der Waals surface area contributed by atoms with Gasteiger partial charge in [0, 0.05) is 28.9 Å². The molecule has 25 heavy (non-hydrogen) atoms. The van der Waals surface area contributed by atoms with E-state index in [0.717, 1.165) is 16.5 Å². The molecule has 0 saturated carbocycles. The molecular weight excluding hydrogens is 322 g/mol. The van der Waals surface area contributed by atoms with Crippen LogP contribution in [0.15, 0.2) is 30.5 Å². The molecule has 2 aromatic rings. The van der Waals surface area contributed by atoms with Crippen molar-refractivity contribution in [1.29, 1.82) is 0 Å². The summed E-state index contributed by atoms with van der Waals surface area (Å²) in [5.74, 6) is -1.93. The fraction of sp³-hybridized carbons (Fsp3) is 0.389. The van der Waals surface area contributed by atoms with Crippen molar-refractivity contribution in [2.45, 2.75) is 33.2 Å². The minimum absolute atomic E-state index is 0.151. The number of carboxylic acid groups (broad SMARTS) is 1. The van der Waals surface area contributed by atoms with E-state index in [1.54, 1.807) is 27.0 Å². The van der Waals surface area contributed by atoms with Gasteiger partial charge in [-0.15, -0.1) is 0 Å². The van der Waals surface area contributed by atoms with Crippen LogP contribution in [0.4, 0.5) is 0 Å². The molecule has 0 saturated heterocycles. The van der Waals surface area contributed by atoms with Gasteiger partial charge in [0.2, 0.25) is 11.8 Å². The molecule has 7 heteroatoms. The summed E-state index contributed by atoms with van der Waals surface area (Å²) in [7, 11) is 0. The van der Waals surface area contributed by atoms with Gasteiger partial charge < -0.3 is 20.7 Å². The van der Waals surface area contributed by atoms with E-state index >= 15 is 0 Å². The molecule has 7 nitrogen and oxygen atoms in total. The van der Waals surface area contributed by atoms with Crippen LogP contribution < -0.4 is 10.6 Å². The standard InChI is InChI=1S/C18H23N3O4/c1-18(2,3)17(25)20-10-15(22)21-14(16(23)24)8-11-9-19-13-7-5-4-6-12(11)13/h4-7,9,14,19H,8,10H2,1-3H3,(H,20,25)(H,21,22)(H,23,24). The molecule has 0 aliphatic rings. The molecule has 2 rings (SSSR count). The summed E-state index contributed by atoms with van der Waals surface area (Å²) in [6, 6.07) is 6.48. The lowest BCUT2D eigenvalue weighted by atomic mass is 9.96. The number of carbonyl (C=O) groups excluding carboxylic acids is 2. The molecule has 1 aromatic heterocycles. The summed E-state index contributed by atoms with van der Waals surface area (Å²) in [5.41, 5.74) is 1.10. The molecule has 0 aliphatic heterocycles. The van der Waals surface area contributed by atoms with E-state index in [1.807, 2.05) is 24.3 Å². The zero-order valence-corrected chi connectivity index (χ0v) is 14.6. The van der Waals surface area contributed by atoms with Crippen LogP contribution in [0.3, 0.4) is 0 Å². The Hall–Kier alpha value is -2.83. The van der Waals surface area contributed by atoms with Gasteiger partial charge in [0.05, 0.1) is 6.54 Å². The molecule has 0 fully saturated rings. The highest BCUT2D eigenvalue weighted by Gasteiger charge is 2.24. The first kappa shape index (κ1) is 18.5. The average molecular weight is 345 g/mol.